The second-order valence-electron chi connectivity index (χ2n) is 6.05. The monoisotopic (exact) mass is 326 g/mol. The molecular weight excluding hydrogens is 307 g/mol. The number of fused-ring (bicyclic) bond motifs is 1. The highest BCUT2D eigenvalue weighted by Crippen LogP contribution is 2.16. The van der Waals surface area contributed by atoms with Crippen LogP contribution >= 0.6 is 0 Å². The summed E-state index contributed by atoms with van der Waals surface area (Å²) < 4.78 is 17.2. The quantitative estimate of drug-likeness (QED) is 0.783. The fraction of sp³-hybridized carbons (Fsp3) is 0.353. The molecule has 0 saturated heterocycles. The molecule has 4 rings (SSSR count). The Morgan fingerprint density at radius 3 is 3.08 bits per heavy atom. The minimum absolute atomic E-state index is 0.221. The lowest BCUT2D eigenvalue weighted by atomic mass is 10.2. The second kappa shape index (κ2) is 6.43. The highest BCUT2D eigenvalue weighted by Gasteiger charge is 2.16. The predicted molar refractivity (Wildman–Crippen MR) is 88.0 cm³/mol. The molecule has 3 heterocycles. The van der Waals surface area contributed by atoms with Gasteiger partial charge in [-0.15, -0.1) is 10.2 Å². The first-order chi connectivity index (χ1) is 11.8. The van der Waals surface area contributed by atoms with Gasteiger partial charge >= 0.3 is 0 Å². The van der Waals surface area contributed by atoms with Gasteiger partial charge in [0.1, 0.15) is 18.2 Å². The summed E-state index contributed by atoms with van der Waals surface area (Å²) in [5, 5.41) is 16.2. The molecule has 0 radical (unpaired) electrons. The molecule has 1 aromatic carbocycles. The fourth-order valence-corrected chi connectivity index (χ4v) is 3.02. The summed E-state index contributed by atoms with van der Waals surface area (Å²) >= 11 is 0. The van der Waals surface area contributed by atoms with Crippen molar-refractivity contribution in [2.75, 3.05) is 5.32 Å². The van der Waals surface area contributed by atoms with Crippen molar-refractivity contribution in [3.8, 4) is 0 Å². The zero-order valence-corrected chi connectivity index (χ0v) is 13.3. The van der Waals surface area contributed by atoms with Gasteiger partial charge in [0.15, 0.2) is 5.82 Å². The molecule has 1 N–H and O–H groups in total. The van der Waals surface area contributed by atoms with Crippen LogP contribution in [0, 0.1) is 5.82 Å². The Kier molecular flexibility index (Phi) is 3.98. The molecule has 0 fully saturated rings. The molecule has 1 aliphatic heterocycles. The molecule has 0 amide bonds. The second-order valence-corrected chi connectivity index (χ2v) is 6.05. The third-order valence-electron chi connectivity index (χ3n) is 4.26. The first-order valence-corrected chi connectivity index (χ1v) is 8.20. The van der Waals surface area contributed by atoms with Gasteiger partial charge < -0.3 is 9.88 Å². The summed E-state index contributed by atoms with van der Waals surface area (Å²) in [5.74, 6) is 1.80. The van der Waals surface area contributed by atoms with E-state index in [0.717, 1.165) is 35.9 Å². The maximum Gasteiger partial charge on any atom is 0.154 e. The zero-order chi connectivity index (χ0) is 16.4. The van der Waals surface area contributed by atoms with Gasteiger partial charge in [-0.3, -0.25) is 4.68 Å². The average molecular weight is 326 g/mol. The van der Waals surface area contributed by atoms with Crippen LogP contribution in [0.3, 0.4) is 0 Å². The number of hydrogen-bond acceptors (Lipinski definition) is 4. The van der Waals surface area contributed by atoms with E-state index in [0.29, 0.717) is 13.1 Å². The highest BCUT2D eigenvalue weighted by atomic mass is 19.1. The maximum absolute atomic E-state index is 13.2. The number of nitrogens with zero attached hydrogens (tertiary/aromatic N) is 5. The van der Waals surface area contributed by atoms with Crippen LogP contribution in [-0.4, -0.2) is 24.5 Å². The highest BCUT2D eigenvalue weighted by molar-refractivity contribution is 5.39. The molecule has 0 saturated carbocycles. The number of benzene rings is 1. The number of rotatable bonds is 5. The lowest BCUT2D eigenvalue weighted by Crippen LogP contribution is -2.15. The van der Waals surface area contributed by atoms with E-state index in [1.54, 1.807) is 12.3 Å². The minimum atomic E-state index is -0.221. The van der Waals surface area contributed by atoms with Crippen molar-refractivity contribution in [2.24, 2.45) is 0 Å². The van der Waals surface area contributed by atoms with E-state index >= 15 is 0 Å². The molecule has 24 heavy (non-hydrogen) atoms. The molecule has 1 aliphatic rings. The molecule has 0 bridgehead atoms. The van der Waals surface area contributed by atoms with E-state index in [-0.39, 0.29) is 5.82 Å². The molecule has 2 aromatic heterocycles. The molecule has 0 unspecified atom stereocenters. The molecule has 0 spiro atoms. The minimum Gasteiger partial charge on any atom is -0.378 e. The van der Waals surface area contributed by atoms with E-state index < -0.39 is 0 Å². The van der Waals surface area contributed by atoms with Crippen molar-refractivity contribution in [3.05, 3.63) is 59.7 Å². The van der Waals surface area contributed by atoms with Gasteiger partial charge in [0.05, 0.1) is 11.9 Å². The normalized spacial score (nSPS) is 13.7. The summed E-state index contributed by atoms with van der Waals surface area (Å²) in [7, 11) is 0. The number of nitrogens with one attached hydrogen (secondary N) is 1. The Morgan fingerprint density at radius 1 is 1.21 bits per heavy atom. The Bertz CT molecular complexity index is 837. The van der Waals surface area contributed by atoms with Gasteiger partial charge in [0.2, 0.25) is 0 Å². The number of halogens is 1. The molecule has 6 nitrogen and oxygen atoms in total. The molecule has 7 heteroatoms. The van der Waals surface area contributed by atoms with Crippen LogP contribution in [0.2, 0.25) is 0 Å². The van der Waals surface area contributed by atoms with E-state index in [9.17, 15) is 4.39 Å². The van der Waals surface area contributed by atoms with E-state index in [2.05, 4.69) is 25.2 Å². The van der Waals surface area contributed by atoms with Gasteiger partial charge in [-0.05, 0) is 30.5 Å². The molecule has 0 atom stereocenters. The SMILES string of the molecule is Fc1cccc(CNc2cnn(Cc3nnc4n3CCCC4)c2)c1. The number of hydrogen-bond donors (Lipinski definition) is 1. The van der Waals surface area contributed by atoms with Crippen molar-refractivity contribution in [1.29, 1.82) is 0 Å². The lowest BCUT2D eigenvalue weighted by molar-refractivity contribution is 0.496. The molecular formula is C17H19FN6. The van der Waals surface area contributed by atoms with Crippen molar-refractivity contribution >= 4 is 5.69 Å². The van der Waals surface area contributed by atoms with E-state index in [1.807, 2.05) is 16.9 Å². The molecule has 0 aliphatic carbocycles. The first-order valence-electron chi connectivity index (χ1n) is 8.20. The standard InChI is InChI=1S/C17H19FN6/c18-14-5-3-4-13(8-14)9-19-15-10-20-23(11-15)12-17-22-21-16-6-1-2-7-24(16)17/h3-5,8,10-11,19H,1-2,6-7,9,12H2. The lowest BCUT2D eigenvalue weighted by Gasteiger charge is -2.14. The smallest absolute Gasteiger partial charge is 0.154 e. The molecule has 3 aromatic rings. The average Bonchev–Trinajstić information content (AvgIpc) is 3.21. The van der Waals surface area contributed by atoms with Crippen LogP contribution in [0.25, 0.3) is 0 Å². The van der Waals surface area contributed by atoms with E-state index in [4.69, 9.17) is 0 Å². The Hall–Kier alpha value is -2.70. The van der Waals surface area contributed by atoms with Crippen molar-refractivity contribution in [2.45, 2.75) is 38.9 Å². The van der Waals surface area contributed by atoms with Crippen LogP contribution in [0.15, 0.2) is 36.7 Å². The van der Waals surface area contributed by atoms with Gasteiger partial charge in [-0.1, -0.05) is 12.1 Å². The Morgan fingerprint density at radius 2 is 2.17 bits per heavy atom. The topological polar surface area (TPSA) is 60.6 Å². The fourth-order valence-electron chi connectivity index (χ4n) is 3.02. The van der Waals surface area contributed by atoms with Crippen LogP contribution in [0.5, 0.6) is 0 Å². The largest absolute Gasteiger partial charge is 0.378 e. The predicted octanol–water partition coefficient (Wildman–Crippen LogP) is 2.61. The zero-order valence-electron chi connectivity index (χ0n) is 13.3. The van der Waals surface area contributed by atoms with Gasteiger partial charge in [0.25, 0.3) is 0 Å². The van der Waals surface area contributed by atoms with Crippen LogP contribution in [0.1, 0.15) is 30.1 Å². The first kappa shape index (κ1) is 14.9. The number of anilines is 1. The Balaban J connectivity index is 1.41. The van der Waals surface area contributed by atoms with Crippen LogP contribution < -0.4 is 5.32 Å². The Labute approximate surface area is 139 Å². The van der Waals surface area contributed by atoms with Crippen molar-refractivity contribution < 1.29 is 4.39 Å². The van der Waals surface area contributed by atoms with E-state index in [1.165, 1.54) is 25.0 Å². The van der Waals surface area contributed by atoms with Crippen molar-refractivity contribution in [1.82, 2.24) is 24.5 Å². The van der Waals surface area contributed by atoms with Gasteiger partial charge in [-0.25, -0.2) is 4.39 Å². The molecule has 124 valence electrons. The van der Waals surface area contributed by atoms with Crippen LogP contribution in [-0.2, 0) is 26.1 Å². The summed E-state index contributed by atoms with van der Waals surface area (Å²) in [4.78, 5) is 0. The number of aromatic nitrogens is 5. The summed E-state index contributed by atoms with van der Waals surface area (Å²) in [6.45, 7) is 2.15. The maximum atomic E-state index is 13.2. The third-order valence-corrected chi connectivity index (χ3v) is 4.26. The van der Waals surface area contributed by atoms with Crippen LogP contribution in [0.4, 0.5) is 10.1 Å². The summed E-state index contributed by atoms with van der Waals surface area (Å²) in [6, 6.07) is 6.58. The van der Waals surface area contributed by atoms with Gasteiger partial charge in [0, 0.05) is 25.7 Å². The summed E-state index contributed by atoms with van der Waals surface area (Å²) in [6.07, 6.45) is 7.08. The number of aryl methyl sites for hydroxylation is 1. The third kappa shape index (κ3) is 3.15. The van der Waals surface area contributed by atoms with Gasteiger partial charge in [-0.2, -0.15) is 5.10 Å². The summed E-state index contributed by atoms with van der Waals surface area (Å²) in [5.41, 5.74) is 1.80. The van der Waals surface area contributed by atoms with Crippen molar-refractivity contribution in [3.63, 3.8) is 0 Å².